The number of nitrogens with zero attached hydrogens (tertiary/aromatic N) is 3. The molecule has 0 aliphatic carbocycles. The summed E-state index contributed by atoms with van der Waals surface area (Å²) in [6.45, 7) is 2.88. The fraction of sp³-hybridized carbons (Fsp3) is 0.211. The number of quaternary nitrogens is 1. The lowest BCUT2D eigenvalue weighted by Gasteiger charge is -2.17. The topological polar surface area (TPSA) is 56.2 Å². The molecule has 2 heterocycles. The van der Waals surface area contributed by atoms with Crippen LogP contribution in [0.3, 0.4) is 0 Å². The summed E-state index contributed by atoms with van der Waals surface area (Å²) < 4.78 is 7.10. The number of hydrogen-bond donors (Lipinski definition) is 1. The molecule has 0 fully saturated rings. The number of hydrogen-bond acceptors (Lipinski definition) is 5. The van der Waals surface area contributed by atoms with Crippen LogP contribution in [0.1, 0.15) is 23.9 Å². The molecule has 7 heteroatoms. The summed E-state index contributed by atoms with van der Waals surface area (Å²) in [5.41, 5.74) is 1.88. The van der Waals surface area contributed by atoms with Crippen LogP contribution >= 0.6 is 22.9 Å². The molecule has 0 aliphatic rings. The van der Waals surface area contributed by atoms with Gasteiger partial charge in [-0.25, -0.2) is 4.98 Å². The molecule has 2 aromatic heterocycles. The van der Waals surface area contributed by atoms with Crippen LogP contribution in [0.4, 0.5) is 0 Å². The zero-order chi connectivity index (χ0) is 18.1. The second-order valence-corrected chi connectivity index (χ2v) is 7.83. The average molecular weight is 386 g/mol. The molecule has 26 heavy (non-hydrogen) atoms. The lowest BCUT2D eigenvalue weighted by Crippen LogP contribution is -3.07. The van der Waals surface area contributed by atoms with Crippen molar-refractivity contribution in [3.8, 4) is 11.5 Å². The summed E-state index contributed by atoms with van der Waals surface area (Å²) >= 11 is 7.77. The summed E-state index contributed by atoms with van der Waals surface area (Å²) in [6, 6.07) is 15.7. The minimum absolute atomic E-state index is 0.0578. The molecule has 132 valence electrons. The van der Waals surface area contributed by atoms with Gasteiger partial charge in [0, 0.05) is 10.6 Å². The maximum Gasteiger partial charge on any atom is 0.274 e. The zero-order valence-electron chi connectivity index (χ0n) is 14.4. The molecule has 0 spiro atoms. The van der Waals surface area contributed by atoms with E-state index in [0.717, 1.165) is 22.6 Å². The van der Waals surface area contributed by atoms with Crippen molar-refractivity contribution in [2.24, 2.45) is 0 Å². The van der Waals surface area contributed by atoms with E-state index >= 15 is 0 Å². The average Bonchev–Trinajstić information content (AvgIpc) is 3.27. The van der Waals surface area contributed by atoms with Crippen LogP contribution < -0.4 is 4.90 Å². The minimum atomic E-state index is 0.0578. The maximum atomic E-state index is 6.04. The van der Waals surface area contributed by atoms with Gasteiger partial charge in [0.1, 0.15) is 11.6 Å². The first-order chi connectivity index (χ1) is 12.6. The Labute approximate surface area is 160 Å². The monoisotopic (exact) mass is 385 g/mol. The highest BCUT2D eigenvalue weighted by atomic mass is 35.5. The van der Waals surface area contributed by atoms with Gasteiger partial charge in [0.05, 0.1) is 17.3 Å². The van der Waals surface area contributed by atoms with E-state index in [1.807, 2.05) is 42.5 Å². The van der Waals surface area contributed by atoms with Crippen molar-refractivity contribution in [1.82, 2.24) is 15.2 Å². The molecule has 2 atom stereocenters. The highest BCUT2D eigenvalue weighted by molar-refractivity contribution is 7.18. The van der Waals surface area contributed by atoms with E-state index < -0.39 is 0 Å². The smallest absolute Gasteiger partial charge is 0.274 e. The van der Waals surface area contributed by atoms with E-state index in [2.05, 4.69) is 30.2 Å². The predicted octanol–water partition coefficient (Wildman–Crippen LogP) is 3.78. The molecular formula is C19H18ClN4OS+. The number of benzene rings is 2. The van der Waals surface area contributed by atoms with Gasteiger partial charge in [-0.2, -0.15) is 0 Å². The van der Waals surface area contributed by atoms with Crippen LogP contribution in [0.5, 0.6) is 0 Å². The van der Waals surface area contributed by atoms with Crippen LogP contribution in [0, 0.1) is 0 Å². The van der Waals surface area contributed by atoms with E-state index in [1.165, 1.54) is 9.60 Å². The molecule has 0 saturated heterocycles. The summed E-state index contributed by atoms with van der Waals surface area (Å²) in [5.74, 6) is 1.10. The lowest BCUT2D eigenvalue weighted by atomic mass is 10.2. The van der Waals surface area contributed by atoms with E-state index in [4.69, 9.17) is 21.0 Å². The fourth-order valence-corrected chi connectivity index (χ4v) is 4.00. The van der Waals surface area contributed by atoms with Gasteiger partial charge in [-0.3, -0.25) is 0 Å². The molecule has 0 radical (unpaired) electrons. The van der Waals surface area contributed by atoms with Crippen molar-refractivity contribution < 1.29 is 9.32 Å². The van der Waals surface area contributed by atoms with Crippen molar-refractivity contribution >= 4 is 33.2 Å². The quantitative estimate of drug-likeness (QED) is 0.568. The van der Waals surface area contributed by atoms with Crippen molar-refractivity contribution in [1.29, 1.82) is 0 Å². The Morgan fingerprint density at radius 2 is 2.00 bits per heavy atom. The predicted molar refractivity (Wildman–Crippen MR) is 103 cm³/mol. The first kappa shape index (κ1) is 17.1. The third kappa shape index (κ3) is 3.49. The van der Waals surface area contributed by atoms with E-state index in [1.54, 1.807) is 11.3 Å². The lowest BCUT2D eigenvalue weighted by molar-refractivity contribution is -0.925. The molecule has 1 N–H and O–H groups in total. The summed E-state index contributed by atoms with van der Waals surface area (Å²) in [4.78, 5) is 5.95. The number of fused-ring (bicyclic) bond motifs is 1. The Balaban J connectivity index is 1.50. The standard InChI is InChI=1S/C19H17ClN4OS/c1-12(18-22-23-19(25-18)13-6-5-7-14(20)10-13)24(2)11-17-21-15-8-3-4-9-16(15)26-17/h3-10,12H,11H2,1-2H3/p+1/t12-/m1/s1. The first-order valence-electron chi connectivity index (χ1n) is 8.36. The summed E-state index contributed by atoms with van der Waals surface area (Å²) in [7, 11) is 2.11. The van der Waals surface area contributed by atoms with Crippen LogP contribution in [-0.4, -0.2) is 22.2 Å². The van der Waals surface area contributed by atoms with E-state index in [0.29, 0.717) is 16.8 Å². The molecule has 1 unspecified atom stereocenters. The summed E-state index contributed by atoms with van der Waals surface area (Å²) in [6.07, 6.45) is 0. The number of halogens is 1. The van der Waals surface area contributed by atoms with E-state index in [-0.39, 0.29) is 6.04 Å². The van der Waals surface area contributed by atoms with Crippen molar-refractivity contribution in [2.75, 3.05) is 7.05 Å². The molecule has 0 bridgehead atoms. The Bertz CT molecular complexity index is 1010. The molecule has 4 rings (SSSR count). The number of para-hydroxylation sites is 1. The Morgan fingerprint density at radius 1 is 1.15 bits per heavy atom. The first-order valence-corrected chi connectivity index (χ1v) is 9.55. The highest BCUT2D eigenvalue weighted by Gasteiger charge is 2.23. The molecule has 5 nitrogen and oxygen atoms in total. The molecule has 0 amide bonds. The van der Waals surface area contributed by atoms with Gasteiger partial charge in [-0.1, -0.05) is 29.8 Å². The SMILES string of the molecule is C[C@H](c1nnc(-c2cccc(Cl)c2)o1)[NH+](C)Cc1nc2ccccc2s1. The molecule has 0 aliphatic heterocycles. The Hall–Kier alpha value is -2.28. The largest absolute Gasteiger partial charge is 0.415 e. The number of rotatable bonds is 5. The number of nitrogens with one attached hydrogen (secondary N) is 1. The van der Waals surface area contributed by atoms with Gasteiger partial charge >= 0.3 is 0 Å². The third-order valence-corrected chi connectivity index (χ3v) is 5.66. The van der Waals surface area contributed by atoms with Gasteiger partial charge in [-0.05, 0) is 37.3 Å². The maximum absolute atomic E-state index is 6.04. The molecule has 2 aromatic carbocycles. The fourth-order valence-electron chi connectivity index (χ4n) is 2.75. The van der Waals surface area contributed by atoms with Crippen molar-refractivity contribution in [2.45, 2.75) is 19.5 Å². The van der Waals surface area contributed by atoms with Crippen molar-refractivity contribution in [3.05, 3.63) is 64.5 Å². The molecule has 0 saturated carbocycles. The second kappa shape index (κ2) is 7.15. The summed E-state index contributed by atoms with van der Waals surface area (Å²) in [5, 5.41) is 10.2. The molecular weight excluding hydrogens is 368 g/mol. The van der Waals surface area contributed by atoms with Crippen LogP contribution in [-0.2, 0) is 6.54 Å². The van der Waals surface area contributed by atoms with Gasteiger partial charge in [0.25, 0.3) is 5.89 Å². The van der Waals surface area contributed by atoms with Gasteiger partial charge in [-0.15, -0.1) is 21.5 Å². The highest BCUT2D eigenvalue weighted by Crippen LogP contribution is 2.23. The van der Waals surface area contributed by atoms with Crippen molar-refractivity contribution in [3.63, 3.8) is 0 Å². The van der Waals surface area contributed by atoms with Gasteiger partial charge in [0.15, 0.2) is 6.04 Å². The normalized spacial score (nSPS) is 13.8. The van der Waals surface area contributed by atoms with Gasteiger partial charge in [0.2, 0.25) is 5.89 Å². The number of thiazole rings is 1. The second-order valence-electron chi connectivity index (χ2n) is 6.28. The van der Waals surface area contributed by atoms with Crippen LogP contribution in [0.25, 0.3) is 21.7 Å². The third-order valence-electron chi connectivity index (χ3n) is 4.39. The zero-order valence-corrected chi connectivity index (χ0v) is 16.0. The van der Waals surface area contributed by atoms with Crippen LogP contribution in [0.2, 0.25) is 5.02 Å². The Kier molecular flexibility index (Phi) is 4.72. The minimum Gasteiger partial charge on any atom is -0.415 e. The number of aromatic nitrogens is 3. The Morgan fingerprint density at radius 3 is 2.81 bits per heavy atom. The van der Waals surface area contributed by atoms with Gasteiger partial charge < -0.3 is 9.32 Å². The molecule has 4 aromatic rings. The van der Waals surface area contributed by atoms with Crippen LogP contribution in [0.15, 0.2) is 52.9 Å². The van der Waals surface area contributed by atoms with E-state index in [9.17, 15) is 0 Å².